The van der Waals surface area contributed by atoms with E-state index in [4.69, 9.17) is 4.52 Å². The number of hydrogen-bond acceptors (Lipinski definition) is 3. The van der Waals surface area contributed by atoms with Crippen LogP contribution < -0.4 is 0 Å². The quantitative estimate of drug-likeness (QED) is 0.680. The van der Waals surface area contributed by atoms with Crippen LogP contribution in [0.25, 0.3) is 11.3 Å². The molecule has 1 aliphatic rings. The van der Waals surface area contributed by atoms with Gasteiger partial charge in [-0.1, -0.05) is 64.8 Å². The first-order chi connectivity index (χ1) is 13.1. The van der Waals surface area contributed by atoms with Crippen molar-refractivity contribution in [3.8, 4) is 11.3 Å². The van der Waals surface area contributed by atoms with Crippen molar-refractivity contribution in [2.24, 2.45) is 5.92 Å². The van der Waals surface area contributed by atoms with Gasteiger partial charge in [-0.2, -0.15) is 0 Å². The molecule has 4 heteroatoms. The maximum Gasteiger partial charge on any atom is 0.259 e. The third-order valence-corrected chi connectivity index (χ3v) is 5.33. The van der Waals surface area contributed by atoms with Crippen LogP contribution in [0, 0.1) is 19.8 Å². The number of aromatic nitrogens is 1. The van der Waals surface area contributed by atoms with Crippen molar-refractivity contribution in [2.45, 2.75) is 26.7 Å². The Labute approximate surface area is 159 Å². The van der Waals surface area contributed by atoms with E-state index >= 15 is 0 Å². The molecule has 2 heterocycles. The second-order valence-electron chi connectivity index (χ2n) is 7.53. The van der Waals surface area contributed by atoms with Crippen molar-refractivity contribution in [1.82, 2.24) is 10.1 Å². The van der Waals surface area contributed by atoms with Gasteiger partial charge >= 0.3 is 0 Å². The zero-order valence-corrected chi connectivity index (χ0v) is 15.8. The molecule has 1 unspecified atom stereocenters. The van der Waals surface area contributed by atoms with E-state index in [9.17, 15) is 4.79 Å². The van der Waals surface area contributed by atoms with Gasteiger partial charge in [0.15, 0.2) is 5.76 Å². The highest BCUT2D eigenvalue weighted by Crippen LogP contribution is 2.28. The van der Waals surface area contributed by atoms with Crippen LogP contribution in [0.5, 0.6) is 0 Å². The van der Waals surface area contributed by atoms with Gasteiger partial charge in [0.2, 0.25) is 0 Å². The summed E-state index contributed by atoms with van der Waals surface area (Å²) in [5.41, 5.74) is 5.22. The summed E-state index contributed by atoms with van der Waals surface area (Å²) in [5.74, 6) is 1.07. The lowest BCUT2D eigenvalue weighted by Gasteiger charge is -2.16. The van der Waals surface area contributed by atoms with Crippen LogP contribution in [-0.2, 0) is 6.42 Å². The second kappa shape index (κ2) is 7.39. The van der Waals surface area contributed by atoms with Crippen LogP contribution in [-0.4, -0.2) is 29.1 Å². The summed E-state index contributed by atoms with van der Waals surface area (Å²) in [6.45, 7) is 5.71. The summed E-state index contributed by atoms with van der Waals surface area (Å²) in [4.78, 5) is 15.0. The molecule has 0 aliphatic carbocycles. The summed E-state index contributed by atoms with van der Waals surface area (Å²) in [6.07, 6.45) is 3.59. The van der Waals surface area contributed by atoms with Crippen molar-refractivity contribution < 1.29 is 9.32 Å². The van der Waals surface area contributed by atoms with Gasteiger partial charge in [-0.15, -0.1) is 0 Å². The van der Waals surface area contributed by atoms with E-state index in [1.807, 2.05) is 36.1 Å². The molecule has 1 aromatic heterocycles. The van der Waals surface area contributed by atoms with Gasteiger partial charge in [0.1, 0.15) is 5.56 Å². The van der Waals surface area contributed by atoms with E-state index in [-0.39, 0.29) is 5.91 Å². The van der Waals surface area contributed by atoms with Gasteiger partial charge in [-0.05, 0) is 38.2 Å². The van der Waals surface area contributed by atoms with Crippen molar-refractivity contribution in [3.63, 3.8) is 0 Å². The van der Waals surface area contributed by atoms with Gasteiger partial charge < -0.3 is 9.42 Å². The molecule has 0 bridgehead atoms. The number of rotatable bonds is 4. The number of carbonyl (C=O) groups excluding carboxylic acids is 1. The number of likely N-dealkylation sites (tertiary alicyclic amines) is 1. The molecule has 1 aliphatic heterocycles. The highest BCUT2D eigenvalue weighted by Gasteiger charge is 2.30. The Morgan fingerprint density at radius 2 is 1.74 bits per heavy atom. The minimum absolute atomic E-state index is 0.0123. The number of hydrogen-bond donors (Lipinski definition) is 0. The first kappa shape index (κ1) is 17.5. The molecule has 0 saturated carbocycles. The molecule has 138 valence electrons. The lowest BCUT2D eigenvalue weighted by Crippen LogP contribution is -2.29. The Morgan fingerprint density at radius 3 is 2.44 bits per heavy atom. The first-order valence-electron chi connectivity index (χ1n) is 9.46. The maximum atomic E-state index is 13.0. The average Bonchev–Trinajstić information content (AvgIpc) is 3.33. The summed E-state index contributed by atoms with van der Waals surface area (Å²) in [6, 6.07) is 16.6. The number of carbonyl (C=O) groups is 1. The summed E-state index contributed by atoms with van der Waals surface area (Å²) in [7, 11) is 0. The average molecular weight is 360 g/mol. The van der Waals surface area contributed by atoms with E-state index in [0.717, 1.165) is 31.5 Å². The van der Waals surface area contributed by atoms with E-state index in [1.54, 1.807) is 6.20 Å². The Kier molecular flexibility index (Phi) is 4.80. The van der Waals surface area contributed by atoms with Gasteiger partial charge in [0, 0.05) is 18.7 Å². The molecule has 4 rings (SSSR count). The molecule has 0 spiro atoms. The van der Waals surface area contributed by atoms with Crippen LogP contribution in [0.1, 0.15) is 33.5 Å². The number of aryl methyl sites for hydroxylation is 2. The summed E-state index contributed by atoms with van der Waals surface area (Å²) in [5, 5.41) is 3.89. The zero-order valence-electron chi connectivity index (χ0n) is 15.8. The molecule has 2 aromatic carbocycles. The topological polar surface area (TPSA) is 46.3 Å². The Balaban J connectivity index is 1.46. The molecule has 4 nitrogen and oxygen atoms in total. The van der Waals surface area contributed by atoms with E-state index in [2.05, 4.69) is 36.3 Å². The monoisotopic (exact) mass is 360 g/mol. The number of benzene rings is 2. The van der Waals surface area contributed by atoms with Crippen LogP contribution in [0.15, 0.2) is 59.3 Å². The van der Waals surface area contributed by atoms with Gasteiger partial charge in [-0.25, -0.2) is 0 Å². The molecule has 1 saturated heterocycles. The third-order valence-electron chi connectivity index (χ3n) is 5.33. The maximum absolute atomic E-state index is 13.0. The molecule has 1 fully saturated rings. The molecular formula is C23H24N2O2. The standard InChI is InChI=1S/C23H24N2O2/c1-16-3-7-18(8-4-16)13-19-11-12-25(15-19)23(26)21-14-24-27-22(21)20-9-5-17(2)6-10-20/h3-10,14,19H,11-13,15H2,1-2H3. The summed E-state index contributed by atoms with van der Waals surface area (Å²) < 4.78 is 5.41. The lowest BCUT2D eigenvalue weighted by atomic mass is 9.98. The van der Waals surface area contributed by atoms with Crippen molar-refractivity contribution in [2.75, 3.05) is 13.1 Å². The molecule has 27 heavy (non-hydrogen) atoms. The minimum atomic E-state index is 0.0123. The Bertz CT molecular complexity index is 926. The van der Waals surface area contributed by atoms with Gasteiger partial charge in [-0.3, -0.25) is 4.79 Å². The smallest absolute Gasteiger partial charge is 0.259 e. The van der Waals surface area contributed by atoms with Crippen molar-refractivity contribution in [1.29, 1.82) is 0 Å². The van der Waals surface area contributed by atoms with Crippen LogP contribution in [0.4, 0.5) is 0 Å². The third kappa shape index (κ3) is 3.80. The molecule has 1 amide bonds. The van der Waals surface area contributed by atoms with E-state index < -0.39 is 0 Å². The molecule has 0 radical (unpaired) electrons. The molecule has 0 N–H and O–H groups in total. The van der Waals surface area contributed by atoms with Crippen LogP contribution >= 0.6 is 0 Å². The molecule has 1 atom stereocenters. The predicted molar refractivity (Wildman–Crippen MR) is 106 cm³/mol. The number of nitrogens with zero attached hydrogens (tertiary/aromatic N) is 2. The van der Waals surface area contributed by atoms with Gasteiger partial charge in [0.25, 0.3) is 5.91 Å². The van der Waals surface area contributed by atoms with Gasteiger partial charge in [0.05, 0.1) is 6.20 Å². The fraction of sp³-hybridized carbons (Fsp3) is 0.304. The lowest BCUT2D eigenvalue weighted by molar-refractivity contribution is 0.0787. The zero-order chi connectivity index (χ0) is 18.8. The second-order valence-corrected chi connectivity index (χ2v) is 7.53. The van der Waals surface area contributed by atoms with Crippen LogP contribution in [0.3, 0.4) is 0 Å². The fourth-order valence-corrected chi connectivity index (χ4v) is 3.72. The Morgan fingerprint density at radius 1 is 1.07 bits per heavy atom. The predicted octanol–water partition coefficient (Wildman–Crippen LogP) is 4.66. The number of amides is 1. The SMILES string of the molecule is Cc1ccc(CC2CCN(C(=O)c3cnoc3-c3ccc(C)cc3)C2)cc1. The highest BCUT2D eigenvalue weighted by atomic mass is 16.5. The first-order valence-corrected chi connectivity index (χ1v) is 9.46. The summed E-state index contributed by atoms with van der Waals surface area (Å²) >= 11 is 0. The minimum Gasteiger partial charge on any atom is -0.355 e. The fourth-order valence-electron chi connectivity index (χ4n) is 3.72. The Hall–Kier alpha value is -2.88. The van der Waals surface area contributed by atoms with Crippen molar-refractivity contribution in [3.05, 3.63) is 77.0 Å². The van der Waals surface area contributed by atoms with E-state index in [1.165, 1.54) is 16.7 Å². The highest BCUT2D eigenvalue weighted by molar-refractivity contribution is 5.99. The largest absolute Gasteiger partial charge is 0.355 e. The molecule has 3 aromatic rings. The van der Waals surface area contributed by atoms with E-state index in [0.29, 0.717) is 17.2 Å². The van der Waals surface area contributed by atoms with Crippen LogP contribution in [0.2, 0.25) is 0 Å². The molecular weight excluding hydrogens is 336 g/mol. The normalized spacial score (nSPS) is 16.7. The van der Waals surface area contributed by atoms with Crippen molar-refractivity contribution >= 4 is 5.91 Å².